The number of hydrogen-bond donors (Lipinski definition) is 1. The summed E-state index contributed by atoms with van der Waals surface area (Å²) in [6, 6.07) is 6.81. The lowest BCUT2D eigenvalue weighted by Gasteiger charge is -2.27. The fourth-order valence-corrected chi connectivity index (χ4v) is 6.66. The summed E-state index contributed by atoms with van der Waals surface area (Å²) in [4.78, 5) is 26.0. The summed E-state index contributed by atoms with van der Waals surface area (Å²) in [5.41, 5.74) is -0.531. The molecule has 2 aromatic carbocycles. The van der Waals surface area contributed by atoms with Crippen LogP contribution in [0.15, 0.2) is 47.4 Å². The number of benzene rings is 2. The second kappa shape index (κ2) is 9.22. The first-order valence-electron chi connectivity index (χ1n) is 10.8. The Morgan fingerprint density at radius 3 is 2.31 bits per heavy atom. The molecule has 7 nitrogen and oxygen atoms in total. The molecule has 1 aliphatic heterocycles. The van der Waals surface area contributed by atoms with Gasteiger partial charge in [0.05, 0.1) is 20.6 Å². The third kappa shape index (κ3) is 5.01. The molecule has 4 rings (SSSR count). The minimum atomic E-state index is -4.60. The van der Waals surface area contributed by atoms with Crippen molar-refractivity contribution in [3.8, 4) is 5.75 Å². The van der Waals surface area contributed by atoms with Gasteiger partial charge in [-0.1, -0.05) is 23.7 Å². The van der Waals surface area contributed by atoms with Crippen molar-refractivity contribution < 1.29 is 45.4 Å². The zero-order valence-electron chi connectivity index (χ0n) is 18.5. The molecule has 2 fully saturated rings. The molecule has 0 bridgehead atoms. The van der Waals surface area contributed by atoms with E-state index >= 15 is 0 Å². The number of ether oxygens (including phenoxy) is 1. The second-order valence-corrected chi connectivity index (χ2v) is 11.4. The van der Waals surface area contributed by atoms with E-state index in [0.717, 1.165) is 23.1 Å². The number of carboxylic acid groups (broad SMARTS) is 1. The molecular weight excluding hydrogens is 530 g/mol. The summed E-state index contributed by atoms with van der Waals surface area (Å²) in [7, 11) is -4.27. The molecule has 13 heteroatoms. The summed E-state index contributed by atoms with van der Waals surface area (Å²) < 4.78 is 81.7. The van der Waals surface area contributed by atoms with Crippen LogP contribution in [0.2, 0.25) is 5.02 Å². The maximum Gasteiger partial charge on any atom is 0.422 e. The van der Waals surface area contributed by atoms with Crippen LogP contribution in [0.1, 0.15) is 24.8 Å². The average molecular weight is 550 g/mol. The maximum absolute atomic E-state index is 13.4. The molecular formula is C23H20ClF4NO6S. The average Bonchev–Trinajstić information content (AvgIpc) is 3.47. The molecule has 36 heavy (non-hydrogen) atoms. The largest absolute Gasteiger partial charge is 0.484 e. The summed E-state index contributed by atoms with van der Waals surface area (Å²) in [6.07, 6.45) is -4.19. The van der Waals surface area contributed by atoms with Crippen LogP contribution in [0.3, 0.4) is 0 Å². The monoisotopic (exact) mass is 549 g/mol. The first kappa shape index (κ1) is 26.2. The first-order valence-corrected chi connectivity index (χ1v) is 12.7. The van der Waals surface area contributed by atoms with E-state index in [2.05, 4.69) is 4.74 Å². The summed E-state index contributed by atoms with van der Waals surface area (Å²) in [5, 5.41) is 8.02. The van der Waals surface area contributed by atoms with Crippen molar-refractivity contribution in [2.45, 2.75) is 47.0 Å². The minimum absolute atomic E-state index is 0.294. The second-order valence-electron chi connectivity index (χ2n) is 8.80. The molecule has 0 unspecified atom stereocenters. The number of alkyl halides is 3. The van der Waals surface area contributed by atoms with Gasteiger partial charge in [0.15, 0.2) is 16.4 Å². The van der Waals surface area contributed by atoms with Crippen LogP contribution in [0.5, 0.6) is 5.75 Å². The highest BCUT2D eigenvalue weighted by Crippen LogP contribution is 2.51. The van der Waals surface area contributed by atoms with Gasteiger partial charge in [0, 0.05) is 12.6 Å². The van der Waals surface area contributed by atoms with Gasteiger partial charge in [0.1, 0.15) is 17.6 Å². The molecule has 1 amide bonds. The number of aliphatic carboxylic acids is 1. The summed E-state index contributed by atoms with van der Waals surface area (Å²) in [5.74, 6) is -2.72. The van der Waals surface area contributed by atoms with Gasteiger partial charge in [-0.05, 0) is 49.1 Å². The van der Waals surface area contributed by atoms with E-state index in [0.29, 0.717) is 18.4 Å². The lowest BCUT2D eigenvalue weighted by molar-refractivity contribution is -0.153. The molecule has 2 aromatic rings. The lowest BCUT2D eigenvalue weighted by atomic mass is 9.94. The lowest BCUT2D eigenvalue weighted by Crippen LogP contribution is -2.46. The van der Waals surface area contributed by atoms with Crippen molar-refractivity contribution in [3.05, 3.63) is 58.9 Å². The Kier molecular flexibility index (Phi) is 6.71. The minimum Gasteiger partial charge on any atom is -0.484 e. The molecule has 0 aromatic heterocycles. The van der Waals surface area contributed by atoms with Gasteiger partial charge in [0.25, 0.3) is 0 Å². The number of carboxylic acids is 1. The van der Waals surface area contributed by atoms with E-state index in [4.69, 9.17) is 11.6 Å². The first-order chi connectivity index (χ1) is 16.7. The zero-order valence-corrected chi connectivity index (χ0v) is 20.0. The third-order valence-corrected chi connectivity index (χ3v) is 9.03. The van der Waals surface area contributed by atoms with E-state index in [9.17, 15) is 40.7 Å². The van der Waals surface area contributed by atoms with Crippen molar-refractivity contribution in [2.24, 2.45) is 0 Å². The fraction of sp³-hybridized carbons (Fsp3) is 0.391. The van der Waals surface area contributed by atoms with Crippen molar-refractivity contribution in [3.63, 3.8) is 0 Å². The van der Waals surface area contributed by atoms with Crippen LogP contribution in [0.4, 0.5) is 17.6 Å². The molecule has 2 atom stereocenters. The van der Waals surface area contributed by atoms with E-state index < -0.39 is 79.9 Å². The highest BCUT2D eigenvalue weighted by molar-refractivity contribution is 7.92. The predicted molar refractivity (Wildman–Crippen MR) is 119 cm³/mol. The van der Waals surface area contributed by atoms with Gasteiger partial charge in [-0.2, -0.15) is 13.2 Å². The fourth-order valence-electron chi connectivity index (χ4n) is 4.42. The summed E-state index contributed by atoms with van der Waals surface area (Å²) >= 11 is 6.05. The van der Waals surface area contributed by atoms with Crippen molar-refractivity contribution in [1.82, 2.24) is 4.90 Å². The van der Waals surface area contributed by atoms with Gasteiger partial charge in [-0.25, -0.2) is 17.6 Å². The number of carbonyl (C=O) groups is 2. The van der Waals surface area contributed by atoms with Crippen molar-refractivity contribution in [1.29, 1.82) is 0 Å². The van der Waals surface area contributed by atoms with Crippen LogP contribution < -0.4 is 4.74 Å². The predicted octanol–water partition coefficient (Wildman–Crippen LogP) is 3.98. The van der Waals surface area contributed by atoms with E-state index in [-0.39, 0.29) is 5.75 Å². The van der Waals surface area contributed by atoms with Crippen LogP contribution >= 0.6 is 11.6 Å². The highest BCUT2D eigenvalue weighted by atomic mass is 35.5. The van der Waals surface area contributed by atoms with Gasteiger partial charge < -0.3 is 14.7 Å². The topological polar surface area (TPSA) is 101 Å². The third-order valence-electron chi connectivity index (χ3n) is 6.42. The number of amides is 1. The molecule has 0 spiro atoms. The summed E-state index contributed by atoms with van der Waals surface area (Å²) in [6.45, 7) is -2.01. The van der Waals surface area contributed by atoms with Crippen LogP contribution in [-0.2, 0) is 24.8 Å². The molecule has 194 valence electrons. The molecule has 2 aliphatic rings. The SMILES string of the molecule is O=C(O)[C@@H]1C[C@@H](S(=O)(=O)c2ccc(OCC(F)(F)F)cc2Cl)CN1C(=O)C1(c2ccc(F)cc2)CC1. The van der Waals surface area contributed by atoms with E-state index in [1.54, 1.807) is 0 Å². The van der Waals surface area contributed by atoms with Gasteiger partial charge in [-0.15, -0.1) is 0 Å². The quantitative estimate of drug-likeness (QED) is 0.524. The van der Waals surface area contributed by atoms with E-state index in [1.807, 2.05) is 0 Å². The Morgan fingerprint density at radius 2 is 1.78 bits per heavy atom. The molecule has 1 aliphatic carbocycles. The molecule has 1 N–H and O–H groups in total. The molecule has 1 saturated carbocycles. The number of nitrogens with zero attached hydrogens (tertiary/aromatic N) is 1. The number of halogens is 5. The Morgan fingerprint density at radius 1 is 1.14 bits per heavy atom. The number of rotatable bonds is 7. The Balaban J connectivity index is 1.58. The van der Waals surface area contributed by atoms with Crippen LogP contribution in [0.25, 0.3) is 0 Å². The number of hydrogen-bond acceptors (Lipinski definition) is 5. The smallest absolute Gasteiger partial charge is 0.422 e. The Hall–Kier alpha value is -2.86. The maximum atomic E-state index is 13.4. The van der Waals surface area contributed by atoms with Crippen LogP contribution in [-0.4, -0.2) is 60.9 Å². The van der Waals surface area contributed by atoms with Crippen molar-refractivity contribution >= 4 is 33.3 Å². The standard InChI is InChI=1S/C23H20ClF4NO6S/c24-17-9-15(35-12-23(26,27)28)5-6-19(17)36(33,34)16-10-18(20(30)31)29(11-16)21(32)22(7-8-22)13-1-3-14(25)4-2-13/h1-6,9,16,18H,7-8,10-12H2,(H,30,31)/t16-,18+/m1/s1. The molecule has 1 saturated heterocycles. The van der Waals surface area contributed by atoms with E-state index in [1.165, 1.54) is 24.3 Å². The van der Waals surface area contributed by atoms with Crippen molar-refractivity contribution in [2.75, 3.05) is 13.2 Å². The Bertz CT molecular complexity index is 1290. The Labute approximate surface area is 208 Å². The van der Waals surface area contributed by atoms with Crippen LogP contribution in [0, 0.1) is 5.82 Å². The van der Waals surface area contributed by atoms with Gasteiger partial charge in [-0.3, -0.25) is 4.79 Å². The van der Waals surface area contributed by atoms with Gasteiger partial charge in [0.2, 0.25) is 5.91 Å². The number of sulfone groups is 1. The highest BCUT2D eigenvalue weighted by Gasteiger charge is 2.57. The zero-order chi connectivity index (χ0) is 26.5. The number of likely N-dealkylation sites (tertiary alicyclic amines) is 1. The van der Waals surface area contributed by atoms with Gasteiger partial charge >= 0.3 is 12.1 Å². The molecule has 0 radical (unpaired) electrons. The normalized spacial score (nSPS) is 21.3. The molecule has 1 heterocycles. The number of carbonyl (C=O) groups excluding carboxylic acids is 1.